The molecule has 11 heteroatoms. The fourth-order valence-electron chi connectivity index (χ4n) is 5.25. The highest BCUT2D eigenvalue weighted by molar-refractivity contribution is 7.80. The van der Waals surface area contributed by atoms with Crippen LogP contribution in [0.3, 0.4) is 0 Å². The SMILES string of the molecule is CC1CN(C(=O)C(C)(C)C)C(C)CN1CCCCN1C(=S)N(c2ccc(C#N)c(C(F)(F)F)c2)C(=O)C1(C)C. The summed E-state index contributed by atoms with van der Waals surface area (Å²) in [6.45, 7) is 16.2. The number of nitriles is 1. The Balaban J connectivity index is 1.65. The van der Waals surface area contributed by atoms with Gasteiger partial charge in [0.2, 0.25) is 5.91 Å². The number of carbonyl (C=O) groups excluding carboxylic acids is 2. The summed E-state index contributed by atoms with van der Waals surface area (Å²) in [5.74, 6) is -0.252. The van der Waals surface area contributed by atoms with E-state index in [9.17, 15) is 22.8 Å². The van der Waals surface area contributed by atoms with Crippen LogP contribution < -0.4 is 4.90 Å². The highest BCUT2D eigenvalue weighted by Gasteiger charge is 2.49. The molecule has 7 nitrogen and oxygen atoms in total. The predicted molar refractivity (Wildman–Crippen MR) is 148 cm³/mol. The number of halogens is 3. The van der Waals surface area contributed by atoms with E-state index in [1.54, 1.807) is 24.8 Å². The Hall–Kier alpha value is -2.71. The zero-order chi connectivity index (χ0) is 29.5. The van der Waals surface area contributed by atoms with Gasteiger partial charge in [-0.05, 0) is 77.5 Å². The smallest absolute Gasteiger partial charge is 0.337 e. The van der Waals surface area contributed by atoms with Gasteiger partial charge < -0.3 is 9.80 Å². The molecule has 0 N–H and O–H groups in total. The van der Waals surface area contributed by atoms with E-state index in [0.717, 1.165) is 43.0 Å². The van der Waals surface area contributed by atoms with E-state index in [1.807, 2.05) is 25.7 Å². The summed E-state index contributed by atoms with van der Waals surface area (Å²) in [6.07, 6.45) is -3.17. The molecular weight excluding hydrogens is 527 g/mol. The topological polar surface area (TPSA) is 70.9 Å². The molecule has 0 spiro atoms. The van der Waals surface area contributed by atoms with Crippen LogP contribution in [0.1, 0.15) is 72.4 Å². The van der Waals surface area contributed by atoms with E-state index in [2.05, 4.69) is 18.7 Å². The van der Waals surface area contributed by atoms with Crippen LogP contribution in [-0.2, 0) is 15.8 Å². The number of hydrogen-bond acceptors (Lipinski definition) is 5. The molecule has 214 valence electrons. The lowest BCUT2D eigenvalue weighted by molar-refractivity contribution is -0.145. The van der Waals surface area contributed by atoms with Crippen LogP contribution >= 0.6 is 12.2 Å². The first-order chi connectivity index (χ1) is 17.9. The average molecular weight is 566 g/mol. The summed E-state index contributed by atoms with van der Waals surface area (Å²) in [5.41, 5.74) is -3.05. The molecule has 2 heterocycles. The van der Waals surface area contributed by atoms with Crippen LogP contribution in [0.4, 0.5) is 18.9 Å². The predicted octanol–water partition coefficient (Wildman–Crippen LogP) is 5.04. The van der Waals surface area contributed by atoms with Gasteiger partial charge in [0.25, 0.3) is 5.91 Å². The molecule has 2 aliphatic rings. The lowest BCUT2D eigenvalue weighted by Gasteiger charge is -2.46. The number of amides is 2. The van der Waals surface area contributed by atoms with Crippen molar-refractivity contribution in [2.24, 2.45) is 5.41 Å². The van der Waals surface area contributed by atoms with Gasteiger partial charge in [0.15, 0.2) is 5.11 Å². The number of piperazine rings is 1. The number of hydrogen-bond donors (Lipinski definition) is 0. The molecule has 0 aromatic heterocycles. The number of alkyl halides is 3. The van der Waals surface area contributed by atoms with Crippen molar-refractivity contribution in [2.45, 2.75) is 85.1 Å². The highest BCUT2D eigenvalue weighted by Crippen LogP contribution is 2.38. The van der Waals surface area contributed by atoms with Gasteiger partial charge in [0.1, 0.15) is 5.54 Å². The van der Waals surface area contributed by atoms with Crippen molar-refractivity contribution < 1.29 is 22.8 Å². The molecule has 2 aliphatic heterocycles. The molecule has 39 heavy (non-hydrogen) atoms. The molecule has 0 aliphatic carbocycles. The minimum atomic E-state index is -4.74. The normalized spacial score (nSPS) is 22.4. The monoisotopic (exact) mass is 565 g/mol. The van der Waals surface area contributed by atoms with Gasteiger partial charge in [0.05, 0.1) is 22.9 Å². The molecule has 1 aromatic carbocycles. The van der Waals surface area contributed by atoms with E-state index >= 15 is 0 Å². The summed E-state index contributed by atoms with van der Waals surface area (Å²) < 4.78 is 40.6. The quantitative estimate of drug-likeness (QED) is 0.356. The molecule has 2 saturated heterocycles. The Kier molecular flexibility index (Phi) is 8.73. The van der Waals surface area contributed by atoms with Crippen molar-refractivity contribution in [3.05, 3.63) is 29.3 Å². The van der Waals surface area contributed by atoms with Crippen LogP contribution in [-0.4, -0.2) is 75.4 Å². The van der Waals surface area contributed by atoms with Crippen LogP contribution in [0, 0.1) is 16.7 Å². The third-order valence-electron chi connectivity index (χ3n) is 7.61. The zero-order valence-corrected chi connectivity index (χ0v) is 24.5. The molecular formula is C28H38F3N5O2S. The molecule has 1 aromatic rings. The maximum absolute atomic E-state index is 13.5. The second kappa shape index (κ2) is 11.0. The number of anilines is 1. The number of unbranched alkanes of at least 4 members (excludes halogenated alkanes) is 1. The van der Waals surface area contributed by atoms with Crippen LogP contribution in [0.2, 0.25) is 0 Å². The lowest BCUT2D eigenvalue weighted by atomic mass is 9.92. The van der Waals surface area contributed by atoms with Crippen molar-refractivity contribution in [2.75, 3.05) is 31.1 Å². The molecule has 0 bridgehead atoms. The Morgan fingerprint density at radius 3 is 2.28 bits per heavy atom. The van der Waals surface area contributed by atoms with Crippen LogP contribution in [0.25, 0.3) is 0 Å². The summed E-state index contributed by atoms with van der Waals surface area (Å²) >= 11 is 5.58. The third kappa shape index (κ3) is 6.22. The number of carbonyl (C=O) groups is 2. The number of nitrogens with zero attached hydrogens (tertiary/aromatic N) is 5. The zero-order valence-electron chi connectivity index (χ0n) is 23.7. The first-order valence-electron chi connectivity index (χ1n) is 13.2. The standard InChI is InChI=1S/C28H38F3N5O2S/c1-18-17-34(23(37)26(3,4)5)19(2)16-33(18)12-8-9-13-35-25(39)36(24(38)27(35,6)7)21-11-10-20(15-32)22(14-21)28(29,30)31/h10-11,14,18-19H,8-9,12-13,16-17H2,1-7H3. The Bertz CT molecular complexity index is 1170. The lowest BCUT2D eigenvalue weighted by Crippen LogP contribution is -2.59. The first kappa shape index (κ1) is 30.8. The average Bonchev–Trinajstić information content (AvgIpc) is 3.00. The van der Waals surface area contributed by atoms with Crippen molar-refractivity contribution in [1.29, 1.82) is 5.26 Å². The summed E-state index contributed by atoms with van der Waals surface area (Å²) in [6, 6.07) is 5.09. The van der Waals surface area contributed by atoms with Gasteiger partial charge in [-0.2, -0.15) is 18.4 Å². The maximum atomic E-state index is 13.5. The highest BCUT2D eigenvalue weighted by atomic mass is 32.1. The molecule has 0 saturated carbocycles. The van der Waals surface area contributed by atoms with E-state index in [1.165, 1.54) is 6.07 Å². The van der Waals surface area contributed by atoms with Crippen molar-refractivity contribution >= 4 is 34.8 Å². The Morgan fingerprint density at radius 1 is 1.10 bits per heavy atom. The van der Waals surface area contributed by atoms with Gasteiger partial charge in [-0.15, -0.1) is 0 Å². The molecule has 2 fully saturated rings. The fourth-order valence-corrected chi connectivity index (χ4v) is 5.76. The Morgan fingerprint density at radius 2 is 1.72 bits per heavy atom. The van der Waals surface area contributed by atoms with Gasteiger partial charge in [-0.25, -0.2) is 0 Å². The van der Waals surface area contributed by atoms with E-state index in [4.69, 9.17) is 17.5 Å². The minimum absolute atomic E-state index is 0.00242. The van der Waals surface area contributed by atoms with Crippen molar-refractivity contribution in [3.8, 4) is 6.07 Å². The van der Waals surface area contributed by atoms with Crippen molar-refractivity contribution in [1.82, 2.24) is 14.7 Å². The third-order valence-corrected chi connectivity index (χ3v) is 8.01. The molecule has 2 atom stereocenters. The number of benzene rings is 1. The van der Waals surface area contributed by atoms with Crippen LogP contribution in [0.5, 0.6) is 0 Å². The van der Waals surface area contributed by atoms with Gasteiger partial charge >= 0.3 is 6.18 Å². The second-order valence-corrected chi connectivity index (χ2v) is 12.4. The van der Waals surface area contributed by atoms with Gasteiger partial charge in [-0.1, -0.05) is 20.8 Å². The summed E-state index contributed by atoms with van der Waals surface area (Å²) in [7, 11) is 0. The summed E-state index contributed by atoms with van der Waals surface area (Å²) in [5, 5.41) is 9.25. The second-order valence-electron chi connectivity index (χ2n) is 12.1. The van der Waals surface area contributed by atoms with E-state index in [0.29, 0.717) is 13.1 Å². The first-order valence-corrected chi connectivity index (χ1v) is 13.6. The van der Waals surface area contributed by atoms with E-state index < -0.39 is 34.2 Å². The molecule has 3 rings (SSSR count). The maximum Gasteiger partial charge on any atom is 0.417 e. The number of rotatable bonds is 6. The summed E-state index contributed by atoms with van der Waals surface area (Å²) in [4.78, 5) is 33.4. The largest absolute Gasteiger partial charge is 0.417 e. The fraction of sp³-hybridized carbons (Fsp3) is 0.643. The van der Waals surface area contributed by atoms with Crippen molar-refractivity contribution in [3.63, 3.8) is 0 Å². The number of thiocarbonyl (C=S) groups is 1. The Labute approximate surface area is 234 Å². The van der Waals surface area contributed by atoms with Gasteiger partial charge in [0, 0.05) is 37.1 Å². The molecule has 2 amide bonds. The van der Waals surface area contributed by atoms with Gasteiger partial charge in [-0.3, -0.25) is 19.4 Å². The van der Waals surface area contributed by atoms with Crippen LogP contribution in [0.15, 0.2) is 18.2 Å². The minimum Gasteiger partial charge on any atom is -0.337 e. The molecule has 2 unspecified atom stereocenters. The molecule has 0 radical (unpaired) electrons. The van der Waals surface area contributed by atoms with E-state index in [-0.39, 0.29) is 28.8 Å².